The maximum absolute atomic E-state index is 7.18. The van der Waals surface area contributed by atoms with Crippen LogP contribution in [0.4, 0.5) is 11.4 Å². The number of aryl methyl sites for hydroxylation is 2. The fourth-order valence-corrected chi connectivity index (χ4v) is 7.40. The third-order valence-electron chi connectivity index (χ3n) is 9.78. The van der Waals surface area contributed by atoms with Gasteiger partial charge in [-0.2, -0.15) is 0 Å². The summed E-state index contributed by atoms with van der Waals surface area (Å²) < 4.78 is 0. The van der Waals surface area contributed by atoms with Crippen molar-refractivity contribution in [3.8, 4) is 0 Å². The van der Waals surface area contributed by atoms with Crippen molar-refractivity contribution < 1.29 is 0 Å². The molecule has 6 aromatic carbocycles. The zero-order valence-corrected chi connectivity index (χ0v) is 31.3. The Balaban J connectivity index is 1.47. The lowest BCUT2D eigenvalue weighted by Crippen LogP contribution is -2.10. The molecule has 1 heterocycles. The first-order chi connectivity index (χ1) is 25.9. The molecule has 53 heavy (non-hydrogen) atoms. The van der Waals surface area contributed by atoms with E-state index in [1.807, 2.05) is 32.0 Å². The van der Waals surface area contributed by atoms with Crippen molar-refractivity contribution in [3.63, 3.8) is 0 Å². The number of aromatic nitrogens is 1. The van der Waals surface area contributed by atoms with Crippen LogP contribution < -0.4 is 0 Å². The molecule has 0 fully saturated rings. The van der Waals surface area contributed by atoms with E-state index in [1.54, 1.807) is 0 Å². The maximum atomic E-state index is 7.18. The van der Waals surface area contributed by atoms with Gasteiger partial charge in [-0.3, -0.25) is 9.98 Å². The highest BCUT2D eigenvalue weighted by atomic mass is 35.5. The van der Waals surface area contributed by atoms with E-state index in [2.05, 4.69) is 166 Å². The van der Waals surface area contributed by atoms with Gasteiger partial charge in [-0.05, 0) is 96.5 Å². The van der Waals surface area contributed by atoms with Crippen LogP contribution >= 0.6 is 11.6 Å². The van der Waals surface area contributed by atoms with E-state index in [4.69, 9.17) is 26.6 Å². The van der Waals surface area contributed by atoms with Gasteiger partial charge < -0.3 is 0 Å². The number of hydrogen-bond donors (Lipinski definition) is 0. The Labute approximate surface area is 318 Å². The van der Waals surface area contributed by atoms with Gasteiger partial charge in [0.15, 0.2) is 0 Å². The number of aliphatic imine (C=N–C) groups is 2. The number of halogens is 1. The van der Waals surface area contributed by atoms with Crippen LogP contribution in [0.5, 0.6) is 0 Å². The summed E-state index contributed by atoms with van der Waals surface area (Å²) in [5.41, 5.74) is 14.1. The Morgan fingerprint density at radius 2 is 0.792 bits per heavy atom. The van der Waals surface area contributed by atoms with Gasteiger partial charge in [-0.25, -0.2) is 4.98 Å². The van der Waals surface area contributed by atoms with Crippen LogP contribution in [-0.2, 0) is 0 Å². The highest BCUT2D eigenvalue weighted by molar-refractivity contribution is 6.31. The zero-order valence-electron chi connectivity index (χ0n) is 30.5. The second-order valence-electron chi connectivity index (χ2n) is 13.5. The summed E-state index contributed by atoms with van der Waals surface area (Å²) in [6, 6.07) is 59.1. The van der Waals surface area contributed by atoms with Gasteiger partial charge in [0.1, 0.15) is 0 Å². The first-order valence-electron chi connectivity index (χ1n) is 18.0. The lowest BCUT2D eigenvalue weighted by Gasteiger charge is -2.27. The molecular formula is C49H42ClN3. The molecule has 0 saturated carbocycles. The molecule has 0 radical (unpaired) electrons. The van der Waals surface area contributed by atoms with Crippen molar-refractivity contribution in [3.05, 3.63) is 231 Å². The summed E-state index contributed by atoms with van der Waals surface area (Å²) in [6.07, 6.45) is 0. The van der Waals surface area contributed by atoms with Crippen LogP contribution in [0.2, 0.25) is 5.02 Å². The van der Waals surface area contributed by atoms with Crippen LogP contribution in [0.1, 0.15) is 81.6 Å². The number of para-hydroxylation sites is 1. The Morgan fingerprint density at radius 1 is 0.453 bits per heavy atom. The highest BCUT2D eigenvalue weighted by Crippen LogP contribution is 2.46. The summed E-state index contributed by atoms with van der Waals surface area (Å²) >= 11 is 7.18. The van der Waals surface area contributed by atoms with Gasteiger partial charge in [0.05, 0.1) is 34.2 Å². The molecule has 7 rings (SSSR count). The van der Waals surface area contributed by atoms with E-state index < -0.39 is 0 Å². The molecule has 0 saturated heterocycles. The quantitative estimate of drug-likeness (QED) is 0.103. The molecule has 0 aliphatic carbocycles. The van der Waals surface area contributed by atoms with Gasteiger partial charge in [0.2, 0.25) is 0 Å². The minimum atomic E-state index is -0.125. The summed E-state index contributed by atoms with van der Waals surface area (Å²) in [7, 11) is 0. The molecule has 7 aromatic rings. The molecule has 0 atom stereocenters. The van der Waals surface area contributed by atoms with Gasteiger partial charge in [0, 0.05) is 16.9 Å². The Bertz CT molecular complexity index is 2180. The van der Waals surface area contributed by atoms with Crippen molar-refractivity contribution >= 4 is 34.4 Å². The molecule has 260 valence electrons. The molecule has 1 aromatic heterocycles. The van der Waals surface area contributed by atoms with Crippen molar-refractivity contribution in [2.75, 3.05) is 0 Å². The average molecular weight is 708 g/mol. The molecule has 0 spiro atoms. The molecule has 0 aliphatic heterocycles. The molecule has 0 aliphatic rings. The number of benzene rings is 6. The minimum absolute atomic E-state index is 0.125. The maximum Gasteiger partial charge on any atom is 0.0849 e. The standard InChI is InChI=1S/C49H42ClN3/c1-33-19-17-20-34(2)48(33)51-35(3)44-29-18-30-45(53-44)36(4)52-49-42(46(37-21-9-5-10-22-37)38-23-11-6-12-24-38)31-41(50)32-43(49)47(39-25-13-7-14-26-39)40-27-15-8-16-28-40/h5-32,46-47H,1-4H3. The predicted octanol–water partition coefficient (Wildman–Crippen LogP) is 13.0. The SMILES string of the molecule is CC(=Nc1c(C)cccc1C)c1cccc(C(C)=Nc2c(C(c3ccccc3)c3ccccc3)cc(Cl)cc2C(c2ccccc2)c2ccccc2)n1. The zero-order chi connectivity index (χ0) is 36.7. The van der Waals surface area contributed by atoms with Crippen molar-refractivity contribution in [1.82, 2.24) is 4.98 Å². The predicted molar refractivity (Wildman–Crippen MR) is 223 cm³/mol. The molecule has 0 unspecified atom stereocenters. The average Bonchev–Trinajstić information content (AvgIpc) is 3.19. The van der Waals surface area contributed by atoms with Crippen molar-refractivity contribution in [2.24, 2.45) is 9.98 Å². The van der Waals surface area contributed by atoms with E-state index in [9.17, 15) is 0 Å². The highest BCUT2D eigenvalue weighted by Gasteiger charge is 2.28. The van der Waals surface area contributed by atoms with Crippen LogP contribution in [0, 0.1) is 13.8 Å². The normalized spacial score (nSPS) is 12.1. The van der Waals surface area contributed by atoms with E-state index in [1.165, 1.54) is 0 Å². The Morgan fingerprint density at radius 3 is 1.17 bits per heavy atom. The minimum Gasteiger partial charge on any atom is -0.251 e. The first-order valence-corrected chi connectivity index (χ1v) is 18.4. The molecule has 0 amide bonds. The van der Waals surface area contributed by atoms with E-state index in [0.717, 1.165) is 78.7 Å². The monoisotopic (exact) mass is 707 g/mol. The lowest BCUT2D eigenvalue weighted by atomic mass is 9.79. The number of hydrogen-bond acceptors (Lipinski definition) is 3. The summed E-state index contributed by atoms with van der Waals surface area (Å²) in [4.78, 5) is 15.7. The smallest absolute Gasteiger partial charge is 0.0849 e. The largest absolute Gasteiger partial charge is 0.251 e. The van der Waals surface area contributed by atoms with Gasteiger partial charge in [-0.15, -0.1) is 0 Å². The van der Waals surface area contributed by atoms with Crippen molar-refractivity contribution in [1.29, 1.82) is 0 Å². The first kappa shape index (κ1) is 35.5. The molecule has 0 N–H and O–H groups in total. The fourth-order valence-electron chi connectivity index (χ4n) is 7.17. The number of rotatable bonds is 10. The van der Waals surface area contributed by atoms with E-state index in [0.29, 0.717) is 5.02 Å². The Kier molecular flexibility index (Phi) is 10.8. The van der Waals surface area contributed by atoms with Crippen LogP contribution in [0.3, 0.4) is 0 Å². The number of nitrogens with zero attached hydrogens (tertiary/aromatic N) is 3. The van der Waals surface area contributed by atoms with Crippen LogP contribution in [0.15, 0.2) is 180 Å². The summed E-state index contributed by atoms with van der Waals surface area (Å²) in [5.74, 6) is -0.251. The van der Waals surface area contributed by atoms with E-state index >= 15 is 0 Å². The van der Waals surface area contributed by atoms with Crippen LogP contribution in [-0.4, -0.2) is 16.4 Å². The third kappa shape index (κ3) is 7.96. The molecule has 0 bridgehead atoms. The van der Waals surface area contributed by atoms with Gasteiger partial charge >= 0.3 is 0 Å². The van der Waals surface area contributed by atoms with Crippen molar-refractivity contribution in [2.45, 2.75) is 39.5 Å². The van der Waals surface area contributed by atoms with E-state index in [-0.39, 0.29) is 11.8 Å². The second kappa shape index (κ2) is 16.2. The lowest BCUT2D eigenvalue weighted by molar-refractivity contribution is 0.938. The van der Waals surface area contributed by atoms with Gasteiger partial charge in [-0.1, -0.05) is 157 Å². The Hall–Kier alpha value is -5.90. The van der Waals surface area contributed by atoms with Crippen LogP contribution in [0.25, 0.3) is 0 Å². The number of pyridine rings is 1. The molecule has 3 nitrogen and oxygen atoms in total. The summed E-state index contributed by atoms with van der Waals surface area (Å²) in [6.45, 7) is 8.26. The van der Waals surface area contributed by atoms with Gasteiger partial charge in [0.25, 0.3) is 0 Å². The molecule has 4 heteroatoms. The third-order valence-corrected chi connectivity index (χ3v) is 9.99. The fraction of sp³-hybridized carbons (Fsp3) is 0.122. The summed E-state index contributed by atoms with van der Waals surface area (Å²) in [5, 5.41) is 0.666. The topological polar surface area (TPSA) is 37.6 Å². The molecular weight excluding hydrogens is 666 g/mol. The second-order valence-corrected chi connectivity index (χ2v) is 13.9.